The van der Waals surface area contributed by atoms with Crippen LogP contribution >= 0.6 is 11.3 Å². The van der Waals surface area contributed by atoms with Gasteiger partial charge in [0.05, 0.1) is 0 Å². The quantitative estimate of drug-likeness (QED) is 0.792. The summed E-state index contributed by atoms with van der Waals surface area (Å²) in [6.45, 7) is 5.44. The van der Waals surface area contributed by atoms with Gasteiger partial charge in [-0.2, -0.15) is 0 Å². The fraction of sp³-hybridized carbons (Fsp3) is 0.500. The summed E-state index contributed by atoms with van der Waals surface area (Å²) in [5, 5.41) is 11.5. The van der Waals surface area contributed by atoms with Crippen molar-refractivity contribution in [2.24, 2.45) is 5.41 Å². The van der Waals surface area contributed by atoms with E-state index in [1.165, 1.54) is 11.3 Å². The minimum Gasteiger partial charge on any atom is -0.380 e. The van der Waals surface area contributed by atoms with Gasteiger partial charge in [0.25, 0.3) is 0 Å². The van der Waals surface area contributed by atoms with Crippen molar-refractivity contribution in [2.75, 3.05) is 0 Å². The molecule has 3 heteroatoms. The number of aliphatic hydroxyl groups excluding tert-OH is 1. The lowest BCUT2D eigenvalue weighted by Gasteiger charge is -2.19. The van der Waals surface area contributed by atoms with Gasteiger partial charge in [-0.25, -0.2) is 0 Å². The van der Waals surface area contributed by atoms with Crippen molar-refractivity contribution < 1.29 is 9.90 Å². The maximum Gasteiger partial charge on any atom is 0.171 e. The topological polar surface area (TPSA) is 37.3 Å². The Morgan fingerprint density at radius 1 is 1.54 bits per heavy atom. The Morgan fingerprint density at radius 3 is 2.54 bits per heavy atom. The van der Waals surface area contributed by atoms with Gasteiger partial charge in [0.1, 0.15) is 6.10 Å². The fourth-order valence-electron chi connectivity index (χ4n) is 0.986. The molecule has 13 heavy (non-hydrogen) atoms. The van der Waals surface area contributed by atoms with Crippen molar-refractivity contribution in [1.29, 1.82) is 0 Å². The number of ketones is 1. The Labute approximate surface area is 82.2 Å². The first-order valence-corrected chi connectivity index (χ1v) is 5.06. The van der Waals surface area contributed by atoms with Crippen LogP contribution in [0, 0.1) is 5.41 Å². The van der Waals surface area contributed by atoms with Crippen LogP contribution in [0.4, 0.5) is 0 Å². The molecule has 1 unspecified atom stereocenters. The molecule has 0 saturated heterocycles. The van der Waals surface area contributed by atoms with Crippen LogP contribution in [0.25, 0.3) is 0 Å². The molecule has 1 atom stereocenters. The van der Waals surface area contributed by atoms with E-state index in [0.717, 1.165) is 4.88 Å². The number of rotatable bonds is 2. The van der Waals surface area contributed by atoms with Gasteiger partial charge in [-0.05, 0) is 11.4 Å². The molecule has 1 aromatic heterocycles. The summed E-state index contributed by atoms with van der Waals surface area (Å²) in [4.78, 5) is 12.3. The highest BCUT2D eigenvalue weighted by Gasteiger charge is 2.29. The van der Waals surface area contributed by atoms with Crippen LogP contribution in [0.2, 0.25) is 0 Å². The lowest BCUT2D eigenvalue weighted by Crippen LogP contribution is -2.26. The van der Waals surface area contributed by atoms with Crippen LogP contribution in [0.15, 0.2) is 17.5 Å². The third kappa shape index (κ3) is 2.39. The molecule has 0 radical (unpaired) electrons. The summed E-state index contributed by atoms with van der Waals surface area (Å²) in [6.07, 6.45) is -0.958. The first kappa shape index (κ1) is 10.4. The van der Waals surface area contributed by atoms with Gasteiger partial charge in [-0.15, -0.1) is 11.3 Å². The van der Waals surface area contributed by atoms with E-state index in [-0.39, 0.29) is 5.78 Å². The van der Waals surface area contributed by atoms with Gasteiger partial charge < -0.3 is 5.11 Å². The van der Waals surface area contributed by atoms with Crippen LogP contribution in [0.3, 0.4) is 0 Å². The van der Waals surface area contributed by atoms with Crippen molar-refractivity contribution in [3.63, 3.8) is 0 Å². The molecule has 0 aliphatic rings. The Balaban J connectivity index is 2.81. The monoisotopic (exact) mass is 198 g/mol. The minimum atomic E-state index is -0.958. The van der Waals surface area contributed by atoms with E-state index in [9.17, 15) is 9.90 Å². The largest absolute Gasteiger partial charge is 0.380 e. The lowest BCUT2D eigenvalue weighted by atomic mass is 9.87. The zero-order valence-corrected chi connectivity index (χ0v) is 8.89. The second kappa shape index (κ2) is 3.60. The summed E-state index contributed by atoms with van der Waals surface area (Å²) in [5.41, 5.74) is -0.483. The fourth-order valence-corrected chi connectivity index (χ4v) is 1.69. The lowest BCUT2D eigenvalue weighted by molar-refractivity contribution is -0.135. The van der Waals surface area contributed by atoms with E-state index in [1.807, 2.05) is 32.2 Å². The number of carbonyl (C=O) groups excluding carboxylic acids is 1. The summed E-state index contributed by atoms with van der Waals surface area (Å²) in [6, 6.07) is 3.61. The Morgan fingerprint density at radius 2 is 2.15 bits per heavy atom. The Bertz CT molecular complexity index is 282. The number of hydrogen-bond donors (Lipinski definition) is 1. The number of thiophene rings is 1. The average Bonchev–Trinajstić information content (AvgIpc) is 2.51. The van der Waals surface area contributed by atoms with Gasteiger partial charge in [-0.1, -0.05) is 26.8 Å². The van der Waals surface area contributed by atoms with Crippen LogP contribution in [0.5, 0.6) is 0 Å². The SMILES string of the molecule is CC(C)(C)C(=O)C(O)c1cccs1. The molecule has 1 rings (SSSR count). The van der Waals surface area contributed by atoms with E-state index in [2.05, 4.69) is 0 Å². The highest BCUT2D eigenvalue weighted by atomic mass is 32.1. The molecule has 0 aromatic carbocycles. The van der Waals surface area contributed by atoms with Gasteiger partial charge >= 0.3 is 0 Å². The van der Waals surface area contributed by atoms with E-state index in [0.29, 0.717) is 0 Å². The molecule has 1 heterocycles. The van der Waals surface area contributed by atoms with Gasteiger partial charge in [0, 0.05) is 10.3 Å². The van der Waals surface area contributed by atoms with Crippen molar-refractivity contribution in [2.45, 2.75) is 26.9 Å². The van der Waals surface area contributed by atoms with Gasteiger partial charge in [0.2, 0.25) is 0 Å². The summed E-state index contributed by atoms with van der Waals surface area (Å²) in [7, 11) is 0. The molecule has 0 bridgehead atoms. The minimum absolute atomic E-state index is 0.130. The zero-order chi connectivity index (χ0) is 10.1. The Kier molecular flexibility index (Phi) is 2.88. The molecule has 1 N–H and O–H groups in total. The highest BCUT2D eigenvalue weighted by Crippen LogP contribution is 2.27. The predicted octanol–water partition coefficient (Wildman–Crippen LogP) is 2.40. The van der Waals surface area contributed by atoms with E-state index in [4.69, 9.17) is 0 Å². The van der Waals surface area contributed by atoms with Crippen LogP contribution in [-0.2, 0) is 4.79 Å². The predicted molar refractivity (Wildman–Crippen MR) is 53.7 cm³/mol. The van der Waals surface area contributed by atoms with E-state index < -0.39 is 11.5 Å². The second-order valence-corrected chi connectivity index (χ2v) is 5.01. The second-order valence-electron chi connectivity index (χ2n) is 4.03. The third-order valence-electron chi connectivity index (χ3n) is 1.80. The smallest absolute Gasteiger partial charge is 0.171 e. The highest BCUT2D eigenvalue weighted by molar-refractivity contribution is 7.10. The van der Waals surface area contributed by atoms with Crippen molar-refractivity contribution in [1.82, 2.24) is 0 Å². The molecule has 0 aliphatic heterocycles. The molecule has 0 amide bonds. The first-order chi connectivity index (χ1) is 5.93. The molecule has 0 fully saturated rings. The van der Waals surface area contributed by atoms with Crippen LogP contribution in [0.1, 0.15) is 31.8 Å². The van der Waals surface area contributed by atoms with Crippen LogP contribution < -0.4 is 0 Å². The number of carbonyl (C=O) groups is 1. The molecule has 0 spiro atoms. The van der Waals surface area contributed by atoms with Crippen molar-refractivity contribution in [3.05, 3.63) is 22.4 Å². The number of aliphatic hydroxyl groups is 1. The number of Topliss-reactive ketones (excluding diaryl/α,β-unsaturated/α-hetero) is 1. The normalized spacial score (nSPS) is 14.2. The molecule has 1 aromatic rings. The Hall–Kier alpha value is -0.670. The first-order valence-electron chi connectivity index (χ1n) is 4.18. The van der Waals surface area contributed by atoms with Crippen LogP contribution in [-0.4, -0.2) is 10.9 Å². The standard InChI is InChI=1S/C10H14O2S/c1-10(2,3)9(12)8(11)7-5-4-6-13-7/h4-6,8,11H,1-3H3. The van der Waals surface area contributed by atoms with Crippen molar-refractivity contribution >= 4 is 17.1 Å². The molecule has 72 valence electrons. The maximum absolute atomic E-state index is 11.6. The van der Waals surface area contributed by atoms with Crippen molar-refractivity contribution in [3.8, 4) is 0 Å². The zero-order valence-electron chi connectivity index (χ0n) is 8.07. The average molecular weight is 198 g/mol. The number of hydrogen-bond acceptors (Lipinski definition) is 3. The summed E-state index contributed by atoms with van der Waals surface area (Å²) in [5.74, 6) is -0.130. The van der Waals surface area contributed by atoms with E-state index >= 15 is 0 Å². The molecule has 0 aliphatic carbocycles. The van der Waals surface area contributed by atoms with Gasteiger partial charge in [-0.3, -0.25) is 4.79 Å². The van der Waals surface area contributed by atoms with Gasteiger partial charge in [0.15, 0.2) is 5.78 Å². The molecule has 2 nitrogen and oxygen atoms in total. The summed E-state index contributed by atoms with van der Waals surface area (Å²) < 4.78 is 0. The van der Waals surface area contributed by atoms with E-state index in [1.54, 1.807) is 6.07 Å². The summed E-state index contributed by atoms with van der Waals surface area (Å²) >= 11 is 1.40. The third-order valence-corrected chi connectivity index (χ3v) is 2.72. The molecular formula is C10H14O2S. The molecule has 0 saturated carbocycles. The maximum atomic E-state index is 11.6. The molecular weight excluding hydrogens is 184 g/mol.